The number of methoxy groups -OCH3 is 1. The maximum absolute atomic E-state index is 12.5. The van der Waals surface area contributed by atoms with Crippen LogP contribution < -0.4 is 15.4 Å². The van der Waals surface area contributed by atoms with Gasteiger partial charge in [0.15, 0.2) is 5.96 Å². The van der Waals surface area contributed by atoms with E-state index in [0.29, 0.717) is 18.9 Å². The summed E-state index contributed by atoms with van der Waals surface area (Å²) in [5.41, 5.74) is 3.68. The number of guanidine groups is 1. The van der Waals surface area contributed by atoms with Gasteiger partial charge in [-0.3, -0.25) is 9.79 Å². The number of carbonyl (C=O) groups is 1. The fraction of sp³-hybridized carbons (Fsp3) is 0.455. The van der Waals surface area contributed by atoms with Crippen LogP contribution in [-0.4, -0.2) is 50.6 Å². The van der Waals surface area contributed by atoms with E-state index in [1.54, 1.807) is 25.5 Å². The van der Waals surface area contributed by atoms with Gasteiger partial charge < -0.3 is 20.3 Å². The molecule has 1 aromatic carbocycles. The van der Waals surface area contributed by atoms with Gasteiger partial charge in [-0.05, 0) is 48.4 Å². The molecular weight excluding hydrogens is 511 g/mol. The Morgan fingerprint density at radius 2 is 2.07 bits per heavy atom. The van der Waals surface area contributed by atoms with Crippen LogP contribution in [0.4, 0.5) is 0 Å². The summed E-state index contributed by atoms with van der Waals surface area (Å²) in [5.74, 6) is 1.80. The van der Waals surface area contributed by atoms with Gasteiger partial charge in [-0.2, -0.15) is 0 Å². The van der Waals surface area contributed by atoms with Gasteiger partial charge in [0.05, 0.1) is 7.11 Å². The highest BCUT2D eigenvalue weighted by atomic mass is 127. The third kappa shape index (κ3) is 6.60. The number of benzene rings is 1. The fourth-order valence-corrected chi connectivity index (χ4v) is 4.44. The van der Waals surface area contributed by atoms with E-state index in [-0.39, 0.29) is 29.9 Å². The molecule has 0 aliphatic carbocycles. The zero-order valence-electron chi connectivity index (χ0n) is 17.9. The first-order valence-electron chi connectivity index (χ1n) is 10.0. The number of amides is 1. The second-order valence-electron chi connectivity index (χ2n) is 7.18. The number of nitrogens with zero attached hydrogens (tertiary/aromatic N) is 2. The molecule has 0 unspecified atom stereocenters. The minimum atomic E-state index is 0. The predicted molar refractivity (Wildman–Crippen MR) is 134 cm³/mol. The van der Waals surface area contributed by atoms with Crippen molar-refractivity contribution >= 4 is 47.2 Å². The predicted octanol–water partition coefficient (Wildman–Crippen LogP) is 3.37. The minimum Gasteiger partial charge on any atom is -0.496 e. The van der Waals surface area contributed by atoms with Gasteiger partial charge in [0.1, 0.15) is 5.75 Å². The van der Waals surface area contributed by atoms with Crippen molar-refractivity contribution in [3.8, 4) is 5.75 Å². The van der Waals surface area contributed by atoms with Gasteiger partial charge in [-0.15, -0.1) is 35.3 Å². The fourth-order valence-electron chi connectivity index (χ4n) is 3.55. The van der Waals surface area contributed by atoms with E-state index in [1.807, 2.05) is 11.0 Å². The molecule has 0 radical (unpaired) electrons. The van der Waals surface area contributed by atoms with E-state index in [9.17, 15) is 4.79 Å². The molecule has 0 spiro atoms. The van der Waals surface area contributed by atoms with Crippen molar-refractivity contribution in [2.24, 2.45) is 4.99 Å². The molecule has 0 atom stereocenters. The normalized spacial score (nSPS) is 13.3. The zero-order chi connectivity index (χ0) is 20.6. The van der Waals surface area contributed by atoms with Gasteiger partial charge in [0.25, 0.3) is 0 Å². The lowest BCUT2D eigenvalue weighted by atomic mass is 10.1. The van der Waals surface area contributed by atoms with Crippen LogP contribution in [0.25, 0.3) is 0 Å². The van der Waals surface area contributed by atoms with Crippen LogP contribution in [0.2, 0.25) is 0 Å². The van der Waals surface area contributed by atoms with Crippen LogP contribution >= 0.6 is 35.3 Å². The monoisotopic (exact) mass is 542 g/mol. The van der Waals surface area contributed by atoms with Crippen molar-refractivity contribution in [2.75, 3.05) is 33.8 Å². The molecule has 1 aromatic heterocycles. The molecule has 164 valence electrons. The van der Waals surface area contributed by atoms with Crippen molar-refractivity contribution < 1.29 is 9.53 Å². The van der Waals surface area contributed by atoms with Crippen LogP contribution in [0.1, 0.15) is 28.0 Å². The average molecular weight is 542 g/mol. The van der Waals surface area contributed by atoms with Crippen molar-refractivity contribution in [1.29, 1.82) is 0 Å². The lowest BCUT2D eigenvalue weighted by Gasteiger charge is -2.27. The summed E-state index contributed by atoms with van der Waals surface area (Å²) in [7, 11) is 3.44. The Kier molecular flexibility index (Phi) is 9.90. The third-order valence-electron chi connectivity index (χ3n) is 5.14. The lowest BCUT2D eigenvalue weighted by molar-refractivity contribution is -0.131. The lowest BCUT2D eigenvalue weighted by Crippen LogP contribution is -2.41. The Labute approximate surface area is 200 Å². The smallest absolute Gasteiger partial charge is 0.224 e. The number of ether oxygens (including phenoxy) is 1. The second kappa shape index (κ2) is 12.1. The summed E-state index contributed by atoms with van der Waals surface area (Å²) in [6, 6.07) is 8.33. The number of fused-ring (bicyclic) bond motifs is 1. The van der Waals surface area contributed by atoms with Crippen molar-refractivity contribution in [3.63, 3.8) is 0 Å². The number of hydrogen-bond donors (Lipinski definition) is 2. The maximum Gasteiger partial charge on any atom is 0.224 e. The molecule has 1 aliphatic rings. The molecule has 1 aliphatic heterocycles. The molecule has 0 fully saturated rings. The topological polar surface area (TPSA) is 66.0 Å². The number of hydrogen-bond acceptors (Lipinski definition) is 4. The first-order valence-corrected chi connectivity index (χ1v) is 10.9. The quantitative estimate of drug-likeness (QED) is 0.320. The average Bonchev–Trinajstić information content (AvgIpc) is 3.20. The first kappa shape index (κ1) is 24.5. The molecule has 2 aromatic rings. The van der Waals surface area contributed by atoms with Crippen LogP contribution in [0, 0.1) is 6.92 Å². The van der Waals surface area contributed by atoms with E-state index < -0.39 is 0 Å². The summed E-state index contributed by atoms with van der Waals surface area (Å²) in [5, 5.41) is 8.67. The molecule has 8 heteroatoms. The number of halogens is 1. The highest BCUT2D eigenvalue weighted by molar-refractivity contribution is 14.0. The SMILES string of the molecule is CN=C(NCCC(=O)N1CCc2sccc2C1)NCCc1cc(C)ccc1OC.I. The van der Waals surface area contributed by atoms with Crippen molar-refractivity contribution in [1.82, 2.24) is 15.5 Å². The Morgan fingerprint density at radius 1 is 1.27 bits per heavy atom. The molecule has 30 heavy (non-hydrogen) atoms. The Balaban J connectivity index is 0.00000320. The Hall–Kier alpha value is -1.81. The molecule has 0 bridgehead atoms. The summed E-state index contributed by atoms with van der Waals surface area (Å²) >= 11 is 1.79. The van der Waals surface area contributed by atoms with E-state index in [2.05, 4.69) is 46.1 Å². The van der Waals surface area contributed by atoms with Gasteiger partial charge in [0.2, 0.25) is 5.91 Å². The standard InChI is InChI=1S/C22H30N4O2S.HI/c1-16-4-5-19(28-3)17(14-16)6-10-24-22(23-2)25-11-7-21(27)26-12-8-20-18(15-26)9-13-29-20;/h4-5,9,13-14H,6-8,10-12,15H2,1-3H3,(H2,23,24,25);1H. The molecular formula is C22H31IN4O2S. The largest absolute Gasteiger partial charge is 0.496 e. The molecule has 2 heterocycles. The second-order valence-corrected chi connectivity index (χ2v) is 8.18. The van der Waals surface area contributed by atoms with Gasteiger partial charge >= 0.3 is 0 Å². The molecule has 1 amide bonds. The molecule has 0 saturated heterocycles. The molecule has 3 rings (SSSR count). The Bertz CT molecular complexity index is 869. The number of carbonyl (C=O) groups excluding carboxylic acids is 1. The first-order chi connectivity index (χ1) is 14.1. The zero-order valence-corrected chi connectivity index (χ0v) is 21.0. The van der Waals surface area contributed by atoms with Crippen LogP contribution in [0.3, 0.4) is 0 Å². The molecule has 6 nitrogen and oxygen atoms in total. The van der Waals surface area contributed by atoms with Gasteiger partial charge in [0, 0.05) is 44.5 Å². The van der Waals surface area contributed by atoms with Crippen LogP contribution in [0.5, 0.6) is 5.75 Å². The number of rotatable bonds is 7. The van der Waals surface area contributed by atoms with Crippen LogP contribution in [0.15, 0.2) is 34.6 Å². The highest BCUT2D eigenvalue weighted by Crippen LogP contribution is 2.24. The third-order valence-corrected chi connectivity index (χ3v) is 6.16. The number of aliphatic imine (C=N–C) groups is 1. The van der Waals surface area contributed by atoms with E-state index >= 15 is 0 Å². The summed E-state index contributed by atoms with van der Waals surface area (Å²) in [6.07, 6.45) is 2.27. The van der Waals surface area contributed by atoms with Crippen LogP contribution in [-0.2, 0) is 24.2 Å². The van der Waals surface area contributed by atoms with E-state index in [1.165, 1.54) is 21.6 Å². The van der Waals surface area contributed by atoms with E-state index in [4.69, 9.17) is 4.74 Å². The Morgan fingerprint density at radius 3 is 2.83 bits per heavy atom. The number of aryl methyl sites for hydroxylation is 1. The van der Waals surface area contributed by atoms with Crippen molar-refractivity contribution in [3.05, 3.63) is 51.2 Å². The van der Waals surface area contributed by atoms with E-state index in [0.717, 1.165) is 38.2 Å². The van der Waals surface area contributed by atoms with Gasteiger partial charge in [-0.1, -0.05) is 17.7 Å². The maximum atomic E-state index is 12.5. The minimum absolute atomic E-state index is 0. The number of nitrogens with one attached hydrogen (secondary N) is 2. The summed E-state index contributed by atoms with van der Waals surface area (Å²) in [4.78, 5) is 20.1. The van der Waals surface area contributed by atoms with Gasteiger partial charge in [-0.25, -0.2) is 0 Å². The van der Waals surface area contributed by atoms with Crippen molar-refractivity contribution in [2.45, 2.75) is 32.7 Å². The highest BCUT2D eigenvalue weighted by Gasteiger charge is 2.21. The molecule has 0 saturated carbocycles. The number of thiophene rings is 1. The summed E-state index contributed by atoms with van der Waals surface area (Å²) < 4.78 is 5.43. The summed E-state index contributed by atoms with van der Waals surface area (Å²) in [6.45, 7) is 4.94. The molecule has 2 N–H and O–H groups in total.